The van der Waals surface area contributed by atoms with Crippen LogP contribution in [0.3, 0.4) is 0 Å². The van der Waals surface area contributed by atoms with E-state index in [1.807, 2.05) is 4.90 Å². The molecule has 4 nitrogen and oxygen atoms in total. The van der Waals surface area contributed by atoms with Crippen LogP contribution in [0.5, 0.6) is 0 Å². The van der Waals surface area contributed by atoms with Crippen LogP contribution < -0.4 is 0 Å². The fourth-order valence-electron chi connectivity index (χ4n) is 2.07. The third-order valence-corrected chi connectivity index (χ3v) is 3.21. The van der Waals surface area contributed by atoms with Crippen molar-refractivity contribution in [3.8, 4) is 0 Å². The van der Waals surface area contributed by atoms with E-state index >= 15 is 0 Å². The van der Waals surface area contributed by atoms with Crippen molar-refractivity contribution in [1.29, 1.82) is 0 Å². The highest BCUT2D eigenvalue weighted by atomic mass is 19.2. The summed E-state index contributed by atoms with van der Waals surface area (Å²) in [6.45, 7) is 2.62. The fraction of sp³-hybridized carbons (Fsp3) is 0.600. The molecule has 0 amide bonds. The molecule has 0 saturated heterocycles. The summed E-state index contributed by atoms with van der Waals surface area (Å²) in [5, 5.41) is 10.1. The smallest absolute Gasteiger partial charge is 0.164 e. The molecule has 1 atom stereocenters. The van der Waals surface area contributed by atoms with Gasteiger partial charge in [0.1, 0.15) is 0 Å². The molecule has 0 spiro atoms. The van der Waals surface area contributed by atoms with Gasteiger partial charge in [0.15, 0.2) is 11.6 Å². The van der Waals surface area contributed by atoms with Gasteiger partial charge < -0.3 is 14.6 Å². The quantitative estimate of drug-likeness (QED) is 0.671. The molecule has 21 heavy (non-hydrogen) atoms. The predicted octanol–water partition coefficient (Wildman–Crippen LogP) is 1.98. The zero-order valence-electron chi connectivity index (χ0n) is 12.5. The van der Waals surface area contributed by atoms with Crippen molar-refractivity contribution in [1.82, 2.24) is 4.90 Å². The Labute approximate surface area is 124 Å². The standard InChI is InChI=1S/C15H23F2NO3/c1-20-9-4-7-18(8-10-21-2)11-14(19)12-5-3-6-13(16)15(12)17/h3,5-6,14,19H,4,7-11H2,1-2H3. The highest BCUT2D eigenvalue weighted by Gasteiger charge is 2.18. The largest absolute Gasteiger partial charge is 0.387 e. The molecule has 0 heterocycles. The molecule has 0 fully saturated rings. The number of ether oxygens (including phenoxy) is 2. The van der Waals surface area contributed by atoms with E-state index in [2.05, 4.69) is 0 Å². The van der Waals surface area contributed by atoms with E-state index in [4.69, 9.17) is 9.47 Å². The summed E-state index contributed by atoms with van der Waals surface area (Å²) in [6, 6.07) is 3.82. The molecule has 0 aliphatic heterocycles. The van der Waals surface area contributed by atoms with E-state index in [0.29, 0.717) is 26.3 Å². The SMILES string of the molecule is COCCCN(CCOC)CC(O)c1cccc(F)c1F. The van der Waals surface area contributed by atoms with Crippen molar-refractivity contribution < 1.29 is 23.4 Å². The zero-order valence-corrected chi connectivity index (χ0v) is 12.5. The Morgan fingerprint density at radius 1 is 1.14 bits per heavy atom. The molecule has 0 radical (unpaired) electrons. The van der Waals surface area contributed by atoms with Crippen LogP contribution in [-0.2, 0) is 9.47 Å². The first-order valence-corrected chi connectivity index (χ1v) is 6.92. The monoisotopic (exact) mass is 303 g/mol. The summed E-state index contributed by atoms with van der Waals surface area (Å²) in [6.07, 6.45) is -0.293. The van der Waals surface area contributed by atoms with Crippen molar-refractivity contribution >= 4 is 0 Å². The Balaban J connectivity index is 2.64. The summed E-state index contributed by atoms with van der Waals surface area (Å²) >= 11 is 0. The van der Waals surface area contributed by atoms with Gasteiger partial charge in [-0.05, 0) is 12.5 Å². The second kappa shape index (κ2) is 9.78. The van der Waals surface area contributed by atoms with Crippen molar-refractivity contribution in [2.75, 3.05) is 47.1 Å². The number of benzene rings is 1. The van der Waals surface area contributed by atoms with Gasteiger partial charge in [-0.2, -0.15) is 0 Å². The molecular weight excluding hydrogens is 280 g/mol. The molecule has 0 aliphatic carbocycles. The van der Waals surface area contributed by atoms with Crippen LogP contribution in [0.2, 0.25) is 0 Å². The van der Waals surface area contributed by atoms with E-state index in [0.717, 1.165) is 12.5 Å². The van der Waals surface area contributed by atoms with Gasteiger partial charge in [0, 0.05) is 46.0 Å². The first-order valence-electron chi connectivity index (χ1n) is 6.92. The minimum Gasteiger partial charge on any atom is -0.387 e. The molecule has 1 N–H and O–H groups in total. The average Bonchev–Trinajstić information content (AvgIpc) is 2.47. The van der Waals surface area contributed by atoms with Crippen molar-refractivity contribution in [3.63, 3.8) is 0 Å². The van der Waals surface area contributed by atoms with Gasteiger partial charge in [-0.15, -0.1) is 0 Å². The van der Waals surface area contributed by atoms with Gasteiger partial charge in [0.25, 0.3) is 0 Å². The number of aliphatic hydroxyl groups is 1. The lowest BCUT2D eigenvalue weighted by Crippen LogP contribution is -2.33. The van der Waals surface area contributed by atoms with Crippen molar-refractivity contribution in [3.05, 3.63) is 35.4 Å². The van der Waals surface area contributed by atoms with E-state index in [1.165, 1.54) is 12.1 Å². The van der Waals surface area contributed by atoms with Crippen LogP contribution in [0, 0.1) is 11.6 Å². The normalized spacial score (nSPS) is 12.9. The van der Waals surface area contributed by atoms with E-state index in [-0.39, 0.29) is 12.1 Å². The Hall–Kier alpha value is -1.08. The van der Waals surface area contributed by atoms with E-state index in [1.54, 1.807) is 14.2 Å². The van der Waals surface area contributed by atoms with Crippen LogP contribution in [0.25, 0.3) is 0 Å². The summed E-state index contributed by atoms with van der Waals surface area (Å²) in [5.41, 5.74) is -0.0239. The lowest BCUT2D eigenvalue weighted by atomic mass is 10.1. The molecule has 0 bridgehead atoms. The molecule has 0 saturated carbocycles. The number of hydrogen-bond donors (Lipinski definition) is 1. The fourth-order valence-corrected chi connectivity index (χ4v) is 2.07. The second-order valence-corrected chi connectivity index (χ2v) is 4.80. The average molecular weight is 303 g/mol. The van der Waals surface area contributed by atoms with Gasteiger partial charge in [-0.1, -0.05) is 12.1 Å². The number of methoxy groups -OCH3 is 2. The highest BCUT2D eigenvalue weighted by molar-refractivity contribution is 5.21. The Morgan fingerprint density at radius 3 is 2.52 bits per heavy atom. The molecule has 120 valence electrons. The number of aliphatic hydroxyl groups excluding tert-OH is 1. The van der Waals surface area contributed by atoms with Gasteiger partial charge >= 0.3 is 0 Å². The maximum absolute atomic E-state index is 13.7. The lowest BCUT2D eigenvalue weighted by Gasteiger charge is -2.25. The molecule has 6 heteroatoms. The predicted molar refractivity (Wildman–Crippen MR) is 76.1 cm³/mol. The maximum atomic E-state index is 13.7. The topological polar surface area (TPSA) is 41.9 Å². The number of halogens is 2. The third kappa shape index (κ3) is 6.05. The highest BCUT2D eigenvalue weighted by Crippen LogP contribution is 2.20. The molecular formula is C15H23F2NO3. The zero-order chi connectivity index (χ0) is 15.7. The summed E-state index contributed by atoms with van der Waals surface area (Å²) in [4.78, 5) is 1.94. The first-order chi connectivity index (χ1) is 10.1. The minimum atomic E-state index is -1.08. The Morgan fingerprint density at radius 2 is 1.86 bits per heavy atom. The van der Waals surface area contributed by atoms with Gasteiger partial charge in [-0.25, -0.2) is 8.78 Å². The third-order valence-electron chi connectivity index (χ3n) is 3.21. The summed E-state index contributed by atoms with van der Waals surface area (Å²) < 4.78 is 36.9. The number of nitrogens with zero attached hydrogens (tertiary/aromatic N) is 1. The Kier molecular flexibility index (Phi) is 8.37. The van der Waals surface area contributed by atoms with Crippen molar-refractivity contribution in [2.24, 2.45) is 0 Å². The van der Waals surface area contributed by atoms with Gasteiger partial charge in [0.2, 0.25) is 0 Å². The summed E-state index contributed by atoms with van der Waals surface area (Å²) in [7, 11) is 3.21. The van der Waals surface area contributed by atoms with Crippen LogP contribution in [0.15, 0.2) is 18.2 Å². The second-order valence-electron chi connectivity index (χ2n) is 4.80. The number of rotatable bonds is 10. The van der Waals surface area contributed by atoms with Crippen molar-refractivity contribution in [2.45, 2.75) is 12.5 Å². The molecule has 1 aromatic carbocycles. The molecule has 1 rings (SSSR count). The van der Waals surface area contributed by atoms with E-state index in [9.17, 15) is 13.9 Å². The molecule has 1 aromatic rings. The summed E-state index contributed by atoms with van der Waals surface area (Å²) in [5.74, 6) is -1.94. The van der Waals surface area contributed by atoms with Gasteiger partial charge in [-0.3, -0.25) is 4.90 Å². The van der Waals surface area contributed by atoms with Crippen LogP contribution in [-0.4, -0.2) is 57.1 Å². The Bertz CT molecular complexity index is 418. The molecule has 0 aromatic heterocycles. The van der Waals surface area contributed by atoms with E-state index < -0.39 is 17.7 Å². The van der Waals surface area contributed by atoms with Gasteiger partial charge in [0.05, 0.1) is 12.7 Å². The van der Waals surface area contributed by atoms with Crippen LogP contribution >= 0.6 is 0 Å². The number of hydrogen-bond acceptors (Lipinski definition) is 4. The molecule has 0 aliphatic rings. The lowest BCUT2D eigenvalue weighted by molar-refractivity contribution is 0.0797. The first kappa shape index (κ1) is 18.0. The molecule has 1 unspecified atom stereocenters. The maximum Gasteiger partial charge on any atom is 0.164 e. The van der Waals surface area contributed by atoms with Crippen LogP contribution in [0.1, 0.15) is 18.1 Å². The minimum absolute atomic E-state index is 0.0239. The van der Waals surface area contributed by atoms with Crippen LogP contribution in [0.4, 0.5) is 8.78 Å².